The van der Waals surface area contributed by atoms with Gasteiger partial charge in [-0.05, 0) is 48.9 Å². The number of anilines is 3. The minimum Gasteiger partial charge on any atom is -0.368 e. The van der Waals surface area contributed by atoms with E-state index in [1.54, 1.807) is 0 Å². The predicted molar refractivity (Wildman–Crippen MR) is 123 cm³/mol. The van der Waals surface area contributed by atoms with E-state index in [1.165, 1.54) is 29.1 Å². The average Bonchev–Trinajstić information content (AvgIpc) is 2.80. The molecule has 1 aliphatic rings. The summed E-state index contributed by atoms with van der Waals surface area (Å²) in [6.45, 7) is 5.60. The van der Waals surface area contributed by atoms with E-state index in [0.717, 1.165) is 44.1 Å². The Labute approximate surface area is 189 Å². The van der Waals surface area contributed by atoms with E-state index in [1.807, 2.05) is 12.1 Å². The zero-order chi connectivity index (χ0) is 22.5. The fourth-order valence-corrected chi connectivity index (χ4v) is 4.11. The number of halogens is 2. The number of carbonyl (C=O) groups excluding carboxylic acids is 1. The second-order valence-electron chi connectivity index (χ2n) is 7.50. The maximum atomic E-state index is 13.6. The van der Waals surface area contributed by atoms with Gasteiger partial charge in [0.25, 0.3) is 0 Å². The van der Waals surface area contributed by atoms with Crippen LogP contribution in [0.1, 0.15) is 5.56 Å². The number of hydrogen-bond donors (Lipinski definition) is 1. The highest BCUT2D eigenvalue weighted by atomic mass is 32.2. The minimum atomic E-state index is -0.810. The van der Waals surface area contributed by atoms with Crippen LogP contribution >= 0.6 is 11.8 Å². The smallest absolute Gasteiger partial charge is 0.234 e. The fourth-order valence-electron chi connectivity index (χ4n) is 3.49. The van der Waals surface area contributed by atoms with Crippen molar-refractivity contribution >= 4 is 34.9 Å². The van der Waals surface area contributed by atoms with Gasteiger partial charge >= 0.3 is 0 Å². The van der Waals surface area contributed by atoms with Crippen molar-refractivity contribution < 1.29 is 13.6 Å². The molecule has 2 heterocycles. The van der Waals surface area contributed by atoms with Gasteiger partial charge in [-0.1, -0.05) is 23.9 Å². The standard InChI is InChI=1S/C23H23F2N5OS/c1-16-3-2-4-18(13-16)29-9-11-30(12-10-29)21-7-8-23(28-27-21)32-15-22(31)26-20-6-5-17(24)14-19(20)25/h2-8,13-14H,9-12,15H2,1H3,(H,26,31). The monoisotopic (exact) mass is 455 g/mol. The van der Waals surface area contributed by atoms with Crippen LogP contribution in [0, 0.1) is 18.6 Å². The number of aromatic nitrogens is 2. The molecule has 6 nitrogen and oxygen atoms in total. The van der Waals surface area contributed by atoms with Gasteiger partial charge in [-0.25, -0.2) is 8.78 Å². The Balaban J connectivity index is 1.26. The molecule has 0 radical (unpaired) electrons. The van der Waals surface area contributed by atoms with Gasteiger partial charge in [0, 0.05) is 37.9 Å². The zero-order valence-corrected chi connectivity index (χ0v) is 18.4. The quantitative estimate of drug-likeness (QED) is 0.565. The van der Waals surface area contributed by atoms with E-state index in [9.17, 15) is 13.6 Å². The first-order chi connectivity index (χ1) is 15.5. The van der Waals surface area contributed by atoms with Gasteiger partial charge < -0.3 is 15.1 Å². The van der Waals surface area contributed by atoms with Crippen molar-refractivity contribution in [3.05, 3.63) is 71.8 Å². The molecule has 0 spiro atoms. The molecule has 32 heavy (non-hydrogen) atoms. The highest BCUT2D eigenvalue weighted by molar-refractivity contribution is 7.99. The summed E-state index contributed by atoms with van der Waals surface area (Å²) in [4.78, 5) is 16.6. The van der Waals surface area contributed by atoms with Gasteiger partial charge in [0.1, 0.15) is 16.7 Å². The van der Waals surface area contributed by atoms with Crippen LogP contribution in [0.25, 0.3) is 0 Å². The second-order valence-corrected chi connectivity index (χ2v) is 8.50. The molecule has 0 unspecified atom stereocenters. The van der Waals surface area contributed by atoms with Crippen molar-refractivity contribution in [1.82, 2.24) is 10.2 Å². The number of nitrogens with zero attached hydrogens (tertiary/aromatic N) is 4. The first-order valence-electron chi connectivity index (χ1n) is 10.3. The summed E-state index contributed by atoms with van der Waals surface area (Å²) < 4.78 is 26.6. The number of nitrogens with one attached hydrogen (secondary N) is 1. The lowest BCUT2D eigenvalue weighted by molar-refractivity contribution is -0.113. The number of thioether (sulfide) groups is 1. The average molecular weight is 456 g/mol. The summed E-state index contributed by atoms with van der Waals surface area (Å²) in [5.74, 6) is -1.06. The van der Waals surface area contributed by atoms with Gasteiger partial charge in [0.15, 0.2) is 5.82 Å². The van der Waals surface area contributed by atoms with Crippen LogP contribution in [0.5, 0.6) is 0 Å². The molecule has 2 aromatic carbocycles. The van der Waals surface area contributed by atoms with Crippen LogP contribution in [0.3, 0.4) is 0 Å². The van der Waals surface area contributed by atoms with Gasteiger partial charge in [-0.15, -0.1) is 10.2 Å². The molecule has 0 saturated carbocycles. The van der Waals surface area contributed by atoms with Crippen LogP contribution in [-0.2, 0) is 4.79 Å². The Hall–Kier alpha value is -3.20. The maximum Gasteiger partial charge on any atom is 0.234 e. The van der Waals surface area contributed by atoms with E-state index < -0.39 is 17.5 Å². The molecule has 1 aliphatic heterocycles. The van der Waals surface area contributed by atoms with Gasteiger partial charge in [0.05, 0.1) is 11.4 Å². The number of benzene rings is 2. The van der Waals surface area contributed by atoms with E-state index in [0.29, 0.717) is 5.03 Å². The number of amides is 1. The minimum absolute atomic E-state index is 0.0417. The van der Waals surface area contributed by atoms with Crippen molar-refractivity contribution in [1.29, 1.82) is 0 Å². The van der Waals surface area contributed by atoms with E-state index in [-0.39, 0.29) is 11.4 Å². The molecule has 1 fully saturated rings. The lowest BCUT2D eigenvalue weighted by Crippen LogP contribution is -2.46. The van der Waals surface area contributed by atoms with Gasteiger partial charge in [0.2, 0.25) is 5.91 Å². The lowest BCUT2D eigenvalue weighted by Gasteiger charge is -2.36. The number of aryl methyl sites for hydroxylation is 1. The Morgan fingerprint density at radius 1 is 1.00 bits per heavy atom. The Kier molecular flexibility index (Phi) is 6.84. The summed E-state index contributed by atoms with van der Waals surface area (Å²) >= 11 is 1.20. The summed E-state index contributed by atoms with van der Waals surface area (Å²) in [5.41, 5.74) is 2.44. The van der Waals surface area contributed by atoms with Gasteiger partial charge in [-0.3, -0.25) is 4.79 Å². The number of rotatable bonds is 6. The summed E-state index contributed by atoms with van der Waals surface area (Å²) in [6, 6.07) is 15.2. The summed E-state index contributed by atoms with van der Waals surface area (Å²) in [7, 11) is 0. The molecule has 166 valence electrons. The van der Waals surface area contributed by atoms with Crippen LogP contribution in [0.15, 0.2) is 59.6 Å². The highest BCUT2D eigenvalue weighted by Crippen LogP contribution is 2.22. The molecule has 3 aromatic rings. The van der Waals surface area contributed by atoms with Crippen molar-refractivity contribution in [2.75, 3.05) is 47.0 Å². The number of piperazine rings is 1. The Morgan fingerprint density at radius 3 is 2.47 bits per heavy atom. The zero-order valence-electron chi connectivity index (χ0n) is 17.6. The van der Waals surface area contributed by atoms with E-state index in [4.69, 9.17) is 0 Å². The topological polar surface area (TPSA) is 61.4 Å². The first-order valence-corrected chi connectivity index (χ1v) is 11.2. The molecule has 9 heteroatoms. The van der Waals surface area contributed by atoms with Crippen LogP contribution < -0.4 is 15.1 Å². The van der Waals surface area contributed by atoms with Crippen molar-refractivity contribution in [3.63, 3.8) is 0 Å². The third-order valence-corrected chi connectivity index (χ3v) is 6.07. The van der Waals surface area contributed by atoms with E-state index >= 15 is 0 Å². The number of carbonyl (C=O) groups is 1. The van der Waals surface area contributed by atoms with Crippen molar-refractivity contribution in [2.24, 2.45) is 0 Å². The largest absolute Gasteiger partial charge is 0.368 e. The molecule has 1 aromatic heterocycles. The molecule has 1 saturated heterocycles. The molecule has 0 bridgehead atoms. The lowest BCUT2D eigenvalue weighted by atomic mass is 10.2. The first kappa shape index (κ1) is 22.0. The SMILES string of the molecule is Cc1cccc(N2CCN(c3ccc(SCC(=O)Nc4ccc(F)cc4F)nn3)CC2)c1. The molecule has 0 aliphatic carbocycles. The Bertz CT molecular complexity index is 1090. The summed E-state index contributed by atoms with van der Waals surface area (Å²) in [6.07, 6.45) is 0. The number of hydrogen-bond acceptors (Lipinski definition) is 6. The van der Waals surface area contributed by atoms with Gasteiger partial charge in [-0.2, -0.15) is 0 Å². The van der Waals surface area contributed by atoms with E-state index in [2.05, 4.69) is 56.5 Å². The normalized spacial score (nSPS) is 13.8. The third kappa shape index (κ3) is 5.53. The molecule has 4 rings (SSSR count). The molecular formula is C23H23F2N5OS. The van der Waals surface area contributed by atoms with Crippen molar-refractivity contribution in [2.45, 2.75) is 11.9 Å². The summed E-state index contributed by atoms with van der Waals surface area (Å²) in [5, 5.41) is 11.5. The molecule has 1 N–H and O–H groups in total. The maximum absolute atomic E-state index is 13.6. The molecule has 0 atom stereocenters. The molecule has 1 amide bonds. The fraction of sp³-hybridized carbons (Fsp3) is 0.261. The predicted octanol–water partition coefficient (Wildman–Crippen LogP) is 4.12. The van der Waals surface area contributed by atoms with Crippen LogP contribution in [-0.4, -0.2) is 48.0 Å². The third-order valence-electron chi connectivity index (χ3n) is 5.15. The molecular weight excluding hydrogens is 432 g/mol. The Morgan fingerprint density at radius 2 is 1.78 bits per heavy atom. The van der Waals surface area contributed by atoms with Crippen LogP contribution in [0.4, 0.5) is 26.0 Å². The highest BCUT2D eigenvalue weighted by Gasteiger charge is 2.19. The second kappa shape index (κ2) is 9.95. The van der Waals surface area contributed by atoms with Crippen molar-refractivity contribution in [3.8, 4) is 0 Å². The van der Waals surface area contributed by atoms with Crippen LogP contribution in [0.2, 0.25) is 0 Å².